The van der Waals surface area contributed by atoms with Gasteiger partial charge in [0.25, 0.3) is 0 Å². The molecule has 4 aromatic rings. The fourth-order valence-electron chi connectivity index (χ4n) is 5.17. The number of urea groups is 1. The number of carbonyl (C=O) groups is 2. The smallest absolute Gasteiger partial charge is 0.324 e. The van der Waals surface area contributed by atoms with E-state index in [2.05, 4.69) is 36.7 Å². The molecule has 5 rings (SSSR count). The molecule has 8 nitrogen and oxygen atoms in total. The highest BCUT2D eigenvalue weighted by Crippen LogP contribution is 2.35. The van der Waals surface area contributed by atoms with E-state index in [1.54, 1.807) is 10.7 Å². The van der Waals surface area contributed by atoms with Crippen molar-refractivity contribution in [2.45, 2.75) is 51.9 Å². The van der Waals surface area contributed by atoms with Crippen LogP contribution in [0.5, 0.6) is 0 Å². The molecule has 3 heterocycles. The minimum absolute atomic E-state index is 0.0677. The average Bonchev–Trinajstić information content (AvgIpc) is 3.62. The fourth-order valence-corrected chi connectivity index (χ4v) is 5.17. The molecule has 1 aliphatic rings. The number of furan rings is 1. The number of anilines is 2. The number of amides is 2. The van der Waals surface area contributed by atoms with Crippen molar-refractivity contribution in [1.82, 2.24) is 15.1 Å². The van der Waals surface area contributed by atoms with Gasteiger partial charge in [-0.15, -0.1) is 0 Å². The Morgan fingerprint density at radius 1 is 1.00 bits per heavy atom. The molecule has 2 aromatic carbocycles. The highest BCUT2D eigenvalue weighted by atomic mass is 16.3. The van der Waals surface area contributed by atoms with Crippen molar-refractivity contribution in [3.8, 4) is 5.69 Å². The Morgan fingerprint density at radius 2 is 1.70 bits per heavy atom. The second-order valence-corrected chi connectivity index (χ2v) is 11.6. The Hall–Kier alpha value is -4.17. The predicted molar refractivity (Wildman–Crippen MR) is 157 cm³/mol. The van der Waals surface area contributed by atoms with Gasteiger partial charge in [-0.25, -0.2) is 9.48 Å². The van der Waals surface area contributed by atoms with Gasteiger partial charge in [0.2, 0.25) is 0 Å². The first-order chi connectivity index (χ1) is 19.2. The number of benzene rings is 2. The molecule has 1 fully saturated rings. The molecule has 1 atom stereocenters. The van der Waals surface area contributed by atoms with E-state index in [4.69, 9.17) is 9.52 Å². The first-order valence-corrected chi connectivity index (χ1v) is 13.8. The van der Waals surface area contributed by atoms with Gasteiger partial charge in [-0.2, -0.15) is 5.10 Å². The van der Waals surface area contributed by atoms with Crippen LogP contribution >= 0.6 is 0 Å². The molecule has 208 valence electrons. The lowest BCUT2D eigenvalue weighted by Gasteiger charge is -2.30. The second kappa shape index (κ2) is 11.5. The van der Waals surface area contributed by atoms with E-state index >= 15 is 0 Å². The first kappa shape index (κ1) is 27.4. The van der Waals surface area contributed by atoms with Crippen molar-refractivity contribution in [1.29, 1.82) is 0 Å². The Kier molecular flexibility index (Phi) is 7.89. The third kappa shape index (κ3) is 6.18. The van der Waals surface area contributed by atoms with Gasteiger partial charge in [0.05, 0.1) is 29.1 Å². The molecular weight excluding hydrogens is 502 g/mol. The monoisotopic (exact) mass is 539 g/mol. The van der Waals surface area contributed by atoms with Crippen LogP contribution in [0.15, 0.2) is 77.6 Å². The van der Waals surface area contributed by atoms with Gasteiger partial charge < -0.3 is 15.1 Å². The lowest BCUT2D eigenvalue weighted by molar-refractivity contribution is 0.0915. The average molecular weight is 540 g/mol. The summed E-state index contributed by atoms with van der Waals surface area (Å²) >= 11 is 0. The molecular formula is C32H37N5O3. The number of aryl methyl sites for hydroxylation is 1. The van der Waals surface area contributed by atoms with Crippen LogP contribution < -0.4 is 16.0 Å². The molecule has 1 aliphatic heterocycles. The molecule has 0 aliphatic carbocycles. The normalized spacial score (nSPS) is 15.0. The third-order valence-corrected chi connectivity index (χ3v) is 7.47. The second-order valence-electron chi connectivity index (χ2n) is 11.6. The van der Waals surface area contributed by atoms with E-state index in [1.165, 1.54) is 12.5 Å². The van der Waals surface area contributed by atoms with Gasteiger partial charge in [0, 0.05) is 17.2 Å². The Labute approximate surface area is 235 Å². The predicted octanol–water partition coefficient (Wildman–Crippen LogP) is 6.68. The summed E-state index contributed by atoms with van der Waals surface area (Å²) in [5.41, 5.74) is 4.87. The van der Waals surface area contributed by atoms with Gasteiger partial charge in [-0.3, -0.25) is 10.1 Å². The largest absolute Gasteiger partial charge is 0.472 e. The number of nitrogens with one attached hydrogen (secondary N) is 3. The van der Waals surface area contributed by atoms with Crippen molar-refractivity contribution in [2.24, 2.45) is 5.92 Å². The van der Waals surface area contributed by atoms with Crippen LogP contribution in [0.25, 0.3) is 5.69 Å². The highest BCUT2D eigenvalue weighted by molar-refractivity contribution is 6.01. The van der Waals surface area contributed by atoms with Crippen LogP contribution in [-0.4, -0.2) is 34.7 Å². The van der Waals surface area contributed by atoms with E-state index < -0.39 is 0 Å². The topological polar surface area (TPSA) is 101 Å². The molecule has 0 radical (unpaired) electrons. The van der Waals surface area contributed by atoms with E-state index in [1.807, 2.05) is 61.5 Å². The molecule has 3 N–H and O–H groups in total. The minimum atomic E-state index is -0.370. The Bertz CT molecular complexity index is 1440. The zero-order valence-electron chi connectivity index (χ0n) is 23.5. The summed E-state index contributed by atoms with van der Waals surface area (Å²) in [5.74, 6) is 0.629. The van der Waals surface area contributed by atoms with Gasteiger partial charge in [-0.05, 0) is 74.7 Å². The third-order valence-electron chi connectivity index (χ3n) is 7.47. The zero-order valence-corrected chi connectivity index (χ0v) is 23.5. The molecule has 0 bridgehead atoms. The SMILES string of the molecule is Cc1ccc(-n2nc(C(C)(C)C)cc2NC(=O)Nc2ccc(C(C(=O)c3ccoc3)C3CCNCC3)cc2)cc1. The number of hydrogen-bond acceptors (Lipinski definition) is 5. The van der Waals surface area contributed by atoms with E-state index in [0.29, 0.717) is 17.1 Å². The minimum Gasteiger partial charge on any atom is -0.472 e. The number of piperidine rings is 1. The summed E-state index contributed by atoms with van der Waals surface area (Å²) in [6.07, 6.45) is 4.92. The summed E-state index contributed by atoms with van der Waals surface area (Å²) in [4.78, 5) is 26.5. The standard InChI is InChI=1S/C32H37N5O3/c1-21-5-11-26(12-6-21)37-28(19-27(36-37)32(2,3)4)35-31(39)34-25-9-7-22(8-10-25)29(23-13-16-33-17-14-23)30(38)24-15-18-40-20-24/h5-12,15,18-20,23,29,33H,13-14,16-17H2,1-4H3,(H2,34,35,39). The number of nitrogens with zero attached hydrogens (tertiary/aromatic N) is 2. The molecule has 40 heavy (non-hydrogen) atoms. The maximum atomic E-state index is 13.4. The summed E-state index contributed by atoms with van der Waals surface area (Å²) in [7, 11) is 0. The van der Waals surface area contributed by atoms with E-state index in [9.17, 15) is 9.59 Å². The number of aromatic nitrogens is 2. The summed E-state index contributed by atoms with van der Waals surface area (Å²) < 4.78 is 6.95. The van der Waals surface area contributed by atoms with Crippen LogP contribution in [-0.2, 0) is 5.41 Å². The van der Waals surface area contributed by atoms with Crippen LogP contribution in [0, 0.1) is 12.8 Å². The van der Waals surface area contributed by atoms with Crippen molar-refractivity contribution in [3.63, 3.8) is 0 Å². The quantitative estimate of drug-likeness (QED) is 0.227. The van der Waals surface area contributed by atoms with Crippen molar-refractivity contribution in [2.75, 3.05) is 23.7 Å². The molecule has 0 saturated carbocycles. The van der Waals surface area contributed by atoms with E-state index in [-0.39, 0.29) is 29.1 Å². The van der Waals surface area contributed by atoms with Crippen molar-refractivity contribution < 1.29 is 14.0 Å². The number of ketones is 1. The van der Waals surface area contributed by atoms with Crippen LogP contribution in [0.2, 0.25) is 0 Å². The summed E-state index contributed by atoms with van der Waals surface area (Å²) in [6, 6.07) is 18.9. The van der Waals surface area contributed by atoms with Gasteiger partial charge in [-0.1, -0.05) is 50.6 Å². The van der Waals surface area contributed by atoms with Crippen LogP contribution in [0.1, 0.15) is 66.7 Å². The zero-order chi connectivity index (χ0) is 28.3. The molecule has 2 amide bonds. The maximum absolute atomic E-state index is 13.4. The molecule has 0 spiro atoms. The highest BCUT2D eigenvalue weighted by Gasteiger charge is 2.32. The Morgan fingerprint density at radius 3 is 2.33 bits per heavy atom. The first-order valence-electron chi connectivity index (χ1n) is 13.8. The molecule has 8 heteroatoms. The van der Waals surface area contributed by atoms with Crippen molar-refractivity contribution >= 4 is 23.3 Å². The summed E-state index contributed by atoms with van der Waals surface area (Å²) in [6.45, 7) is 10.1. The molecule has 1 unspecified atom stereocenters. The lowest BCUT2D eigenvalue weighted by atomic mass is 9.76. The number of carbonyl (C=O) groups excluding carboxylic acids is 2. The van der Waals surface area contributed by atoms with E-state index in [0.717, 1.165) is 48.4 Å². The number of hydrogen-bond donors (Lipinski definition) is 3. The molecule has 2 aromatic heterocycles. The van der Waals surface area contributed by atoms with Crippen LogP contribution in [0.3, 0.4) is 0 Å². The van der Waals surface area contributed by atoms with Crippen molar-refractivity contribution in [3.05, 3.63) is 95.6 Å². The summed E-state index contributed by atoms with van der Waals surface area (Å²) in [5, 5.41) is 14.1. The lowest BCUT2D eigenvalue weighted by Crippen LogP contribution is -2.33. The maximum Gasteiger partial charge on any atom is 0.324 e. The fraction of sp³-hybridized carbons (Fsp3) is 0.344. The van der Waals surface area contributed by atoms with Gasteiger partial charge in [0.1, 0.15) is 12.1 Å². The molecule has 1 saturated heterocycles. The number of rotatable bonds is 7. The Balaban J connectivity index is 1.34. The van der Waals surface area contributed by atoms with Gasteiger partial charge in [0.15, 0.2) is 5.78 Å². The van der Waals surface area contributed by atoms with Gasteiger partial charge >= 0.3 is 6.03 Å². The number of Topliss-reactive ketones (excluding diaryl/α,β-unsaturated/α-hetero) is 1. The van der Waals surface area contributed by atoms with Crippen LogP contribution in [0.4, 0.5) is 16.3 Å².